The first kappa shape index (κ1) is 26.6. The molecule has 1 unspecified atom stereocenters. The molecule has 5 heterocycles. The Morgan fingerprint density at radius 3 is 2.59 bits per heavy atom. The number of amides is 1. The Balaban J connectivity index is 1.18. The Morgan fingerprint density at radius 2 is 1.88 bits per heavy atom. The topological polar surface area (TPSA) is 142 Å². The number of fused-ring (bicyclic) bond motifs is 3. The van der Waals surface area contributed by atoms with E-state index in [4.69, 9.17) is 19.6 Å². The number of rotatable bonds is 10. The summed E-state index contributed by atoms with van der Waals surface area (Å²) in [6.45, 7) is 5.85. The van der Waals surface area contributed by atoms with Crippen molar-refractivity contribution in [2.24, 2.45) is 0 Å². The van der Waals surface area contributed by atoms with Crippen LogP contribution in [0, 0.1) is 0 Å². The first-order chi connectivity index (χ1) is 20.1. The van der Waals surface area contributed by atoms with E-state index in [0.29, 0.717) is 61.0 Å². The molecule has 13 heteroatoms. The quantitative estimate of drug-likeness (QED) is 0.254. The van der Waals surface area contributed by atoms with Gasteiger partial charge >= 0.3 is 0 Å². The number of ether oxygens (including phenoxy) is 2. The first-order valence-electron chi connectivity index (χ1n) is 13.8. The smallest absolute Gasteiger partial charge is 0.247 e. The highest BCUT2D eigenvalue weighted by Gasteiger charge is 2.30. The number of aromatic nitrogens is 6. The van der Waals surface area contributed by atoms with Crippen molar-refractivity contribution in [3.05, 3.63) is 48.9 Å². The predicted molar refractivity (Wildman–Crippen MR) is 153 cm³/mol. The molecule has 0 bridgehead atoms. The van der Waals surface area contributed by atoms with Gasteiger partial charge in [-0.3, -0.25) is 9.48 Å². The van der Waals surface area contributed by atoms with Gasteiger partial charge in [-0.25, -0.2) is 4.98 Å². The van der Waals surface area contributed by atoms with E-state index < -0.39 is 6.04 Å². The van der Waals surface area contributed by atoms with E-state index >= 15 is 0 Å². The van der Waals surface area contributed by atoms with Crippen LogP contribution in [-0.4, -0.2) is 86.7 Å². The van der Waals surface area contributed by atoms with Crippen molar-refractivity contribution in [3.63, 3.8) is 0 Å². The van der Waals surface area contributed by atoms with Crippen LogP contribution in [-0.2, 0) is 9.53 Å². The zero-order valence-corrected chi connectivity index (χ0v) is 23.1. The largest absolute Gasteiger partial charge is 0.491 e. The van der Waals surface area contributed by atoms with Crippen LogP contribution >= 0.6 is 0 Å². The summed E-state index contributed by atoms with van der Waals surface area (Å²) in [6.07, 6.45) is 4.85. The van der Waals surface area contributed by atoms with E-state index in [1.807, 2.05) is 23.2 Å². The fraction of sp³-hybridized carbons (Fsp3) is 0.393. The lowest BCUT2D eigenvalue weighted by Crippen LogP contribution is -2.50. The second kappa shape index (κ2) is 11.5. The molecular formula is C28H33N9O4. The molecule has 0 aliphatic carbocycles. The number of nitrogen functional groups attached to an aromatic ring is 1. The molecule has 214 valence electrons. The third-order valence-electron chi connectivity index (χ3n) is 7.26. The van der Waals surface area contributed by atoms with Crippen LogP contribution in [0.25, 0.3) is 28.3 Å². The number of carbonyl (C=O) groups excluding carboxylic acids is 1. The van der Waals surface area contributed by atoms with Crippen molar-refractivity contribution in [2.75, 3.05) is 57.1 Å². The molecule has 41 heavy (non-hydrogen) atoms. The van der Waals surface area contributed by atoms with Gasteiger partial charge in [-0.2, -0.15) is 14.6 Å². The molecule has 1 aliphatic heterocycles. The number of benzene rings is 1. The van der Waals surface area contributed by atoms with E-state index in [1.165, 1.54) is 4.52 Å². The van der Waals surface area contributed by atoms with Crippen molar-refractivity contribution in [1.82, 2.24) is 34.3 Å². The fourth-order valence-electron chi connectivity index (χ4n) is 5.13. The molecule has 13 nitrogen and oxygen atoms in total. The number of piperazine rings is 1. The SMILES string of the molecule is CCCC(C(=O)N1CCN(c2ccc(OCCOC)cc2)CC1)n1cc2c(nc(N)n3nc(-c4ccco4)nc23)n1. The van der Waals surface area contributed by atoms with Crippen LogP contribution in [0.4, 0.5) is 11.6 Å². The van der Waals surface area contributed by atoms with Crippen LogP contribution in [0.2, 0.25) is 0 Å². The molecule has 1 atom stereocenters. The van der Waals surface area contributed by atoms with Gasteiger partial charge < -0.3 is 29.4 Å². The van der Waals surface area contributed by atoms with Gasteiger partial charge in [0.1, 0.15) is 18.4 Å². The van der Waals surface area contributed by atoms with Gasteiger partial charge in [0.25, 0.3) is 0 Å². The molecule has 0 radical (unpaired) electrons. The molecule has 1 amide bonds. The number of hydrogen-bond acceptors (Lipinski definition) is 10. The number of carbonyl (C=O) groups is 1. The fourth-order valence-corrected chi connectivity index (χ4v) is 5.13. The van der Waals surface area contributed by atoms with Crippen molar-refractivity contribution in [1.29, 1.82) is 0 Å². The summed E-state index contributed by atoms with van der Waals surface area (Å²) in [5, 5.41) is 9.79. The minimum absolute atomic E-state index is 0.0444. The Labute approximate surface area is 236 Å². The van der Waals surface area contributed by atoms with Gasteiger partial charge in [0, 0.05) is 45.2 Å². The molecule has 1 aliphatic rings. The molecule has 1 aromatic carbocycles. The number of nitrogens with two attached hydrogens (primary N) is 1. The first-order valence-corrected chi connectivity index (χ1v) is 13.8. The number of furan rings is 1. The minimum Gasteiger partial charge on any atom is -0.491 e. The van der Waals surface area contributed by atoms with Gasteiger partial charge in [0.05, 0.1) is 18.3 Å². The summed E-state index contributed by atoms with van der Waals surface area (Å²) >= 11 is 0. The predicted octanol–water partition coefficient (Wildman–Crippen LogP) is 3.03. The monoisotopic (exact) mass is 559 g/mol. The molecular weight excluding hydrogens is 526 g/mol. The summed E-state index contributed by atoms with van der Waals surface area (Å²) in [7, 11) is 1.65. The van der Waals surface area contributed by atoms with Crippen LogP contribution in [0.3, 0.4) is 0 Å². The van der Waals surface area contributed by atoms with Crippen molar-refractivity contribution in [3.8, 4) is 17.3 Å². The summed E-state index contributed by atoms with van der Waals surface area (Å²) in [4.78, 5) is 27.1. The van der Waals surface area contributed by atoms with Crippen LogP contribution in [0.15, 0.2) is 53.3 Å². The van der Waals surface area contributed by atoms with Crippen molar-refractivity contribution >= 4 is 34.2 Å². The highest BCUT2D eigenvalue weighted by atomic mass is 16.5. The maximum atomic E-state index is 13.8. The number of hydrogen-bond donors (Lipinski definition) is 1. The summed E-state index contributed by atoms with van der Waals surface area (Å²) in [5.41, 5.74) is 8.22. The molecule has 0 saturated carbocycles. The van der Waals surface area contributed by atoms with Gasteiger partial charge in [-0.15, -0.1) is 5.10 Å². The van der Waals surface area contributed by atoms with E-state index in [2.05, 4.69) is 44.1 Å². The van der Waals surface area contributed by atoms with E-state index in [-0.39, 0.29) is 11.9 Å². The zero-order valence-electron chi connectivity index (χ0n) is 23.1. The molecule has 1 saturated heterocycles. The average Bonchev–Trinajstić information content (AvgIpc) is 3.76. The number of methoxy groups -OCH3 is 1. The second-order valence-electron chi connectivity index (χ2n) is 9.92. The van der Waals surface area contributed by atoms with E-state index in [1.54, 1.807) is 30.2 Å². The molecule has 2 N–H and O–H groups in total. The third-order valence-corrected chi connectivity index (χ3v) is 7.26. The van der Waals surface area contributed by atoms with E-state index in [0.717, 1.165) is 30.9 Å². The van der Waals surface area contributed by atoms with E-state index in [9.17, 15) is 4.79 Å². The summed E-state index contributed by atoms with van der Waals surface area (Å²) in [6, 6.07) is 11.1. The standard InChI is InChI=1S/C28H33N9O4/c1-3-5-22(27(38)35-13-11-34(12-14-35)19-7-9-20(10-8-19)40-17-16-39-2)36-18-21-24(32-36)31-28(29)37-26(21)30-25(33-37)23-6-4-15-41-23/h4,6-10,15,18,22H,3,5,11-14,16-17H2,1-2H3,(H2,29,31,32). The van der Waals surface area contributed by atoms with Crippen molar-refractivity contribution in [2.45, 2.75) is 25.8 Å². The zero-order chi connectivity index (χ0) is 28.3. The van der Waals surface area contributed by atoms with Gasteiger partial charge in [-0.1, -0.05) is 13.3 Å². The van der Waals surface area contributed by atoms with Gasteiger partial charge in [0.2, 0.25) is 17.7 Å². The normalized spacial score (nSPS) is 14.7. The lowest BCUT2D eigenvalue weighted by Gasteiger charge is -2.37. The minimum atomic E-state index is -0.460. The lowest BCUT2D eigenvalue weighted by atomic mass is 10.1. The summed E-state index contributed by atoms with van der Waals surface area (Å²) in [5.74, 6) is 1.94. The highest BCUT2D eigenvalue weighted by molar-refractivity contribution is 5.90. The lowest BCUT2D eigenvalue weighted by molar-refractivity contribution is -0.135. The molecule has 6 rings (SSSR count). The maximum Gasteiger partial charge on any atom is 0.247 e. The van der Waals surface area contributed by atoms with Gasteiger partial charge in [-0.05, 0) is 42.8 Å². The third kappa shape index (κ3) is 5.27. The molecule has 1 fully saturated rings. The second-order valence-corrected chi connectivity index (χ2v) is 9.92. The Morgan fingerprint density at radius 1 is 1.07 bits per heavy atom. The average molecular weight is 560 g/mol. The van der Waals surface area contributed by atoms with Crippen molar-refractivity contribution < 1.29 is 18.7 Å². The van der Waals surface area contributed by atoms with Crippen LogP contribution < -0.4 is 15.4 Å². The summed E-state index contributed by atoms with van der Waals surface area (Å²) < 4.78 is 19.3. The number of nitrogens with zero attached hydrogens (tertiary/aromatic N) is 8. The maximum absolute atomic E-state index is 13.8. The highest BCUT2D eigenvalue weighted by Crippen LogP contribution is 2.27. The molecule has 4 aromatic heterocycles. The Kier molecular flexibility index (Phi) is 7.42. The van der Waals surface area contributed by atoms with Crippen LogP contribution in [0.5, 0.6) is 5.75 Å². The Hall–Kier alpha value is -4.65. The number of anilines is 2. The van der Waals surface area contributed by atoms with Gasteiger partial charge in [0.15, 0.2) is 17.1 Å². The molecule has 5 aromatic rings. The van der Waals surface area contributed by atoms with Crippen LogP contribution in [0.1, 0.15) is 25.8 Å². The molecule has 0 spiro atoms. The Bertz CT molecular complexity index is 1620.